The number of aromatic amines is 1. The maximum absolute atomic E-state index is 13.9. The summed E-state index contributed by atoms with van der Waals surface area (Å²) in [7, 11) is 0. The topological polar surface area (TPSA) is 88.5 Å². The van der Waals surface area contributed by atoms with Crippen LogP contribution in [0.5, 0.6) is 0 Å². The third-order valence-electron chi connectivity index (χ3n) is 4.33. The van der Waals surface area contributed by atoms with Gasteiger partial charge in [-0.05, 0) is 24.6 Å². The van der Waals surface area contributed by atoms with Gasteiger partial charge in [-0.2, -0.15) is 5.10 Å². The summed E-state index contributed by atoms with van der Waals surface area (Å²) in [5, 5.41) is 14.3. The van der Waals surface area contributed by atoms with Crippen molar-refractivity contribution >= 4 is 23.5 Å². The summed E-state index contributed by atoms with van der Waals surface area (Å²) >= 11 is 1.17. The van der Waals surface area contributed by atoms with Crippen molar-refractivity contribution in [2.45, 2.75) is 18.6 Å². The Morgan fingerprint density at radius 1 is 1.20 bits per heavy atom. The molecule has 7 nitrogen and oxygen atoms in total. The van der Waals surface area contributed by atoms with Gasteiger partial charge in [0.05, 0.1) is 24.1 Å². The molecule has 0 unspecified atom stereocenters. The number of amides is 1. The van der Waals surface area contributed by atoms with Crippen molar-refractivity contribution in [2.24, 2.45) is 0 Å². The van der Waals surface area contributed by atoms with Crippen molar-refractivity contribution in [3.05, 3.63) is 77.7 Å². The molecule has 1 amide bonds. The number of hydrogen-bond acceptors (Lipinski definition) is 5. The number of aromatic nitrogens is 5. The Morgan fingerprint density at radius 3 is 2.90 bits per heavy atom. The summed E-state index contributed by atoms with van der Waals surface area (Å²) in [4.78, 5) is 16.6. The first-order chi connectivity index (χ1) is 14.6. The maximum Gasteiger partial charge on any atom is 0.235 e. The van der Waals surface area contributed by atoms with Crippen LogP contribution in [0.25, 0.3) is 11.4 Å². The monoisotopic (exact) mass is 422 g/mol. The van der Waals surface area contributed by atoms with Crippen LogP contribution in [0, 0.1) is 12.7 Å². The molecule has 0 saturated heterocycles. The Hall–Kier alpha value is -3.46. The number of nitrogens with one attached hydrogen (secondary N) is 2. The molecule has 0 atom stereocenters. The molecular formula is C21H19FN6OS. The van der Waals surface area contributed by atoms with Gasteiger partial charge < -0.3 is 5.32 Å². The van der Waals surface area contributed by atoms with E-state index < -0.39 is 0 Å². The molecular weight excluding hydrogens is 403 g/mol. The van der Waals surface area contributed by atoms with E-state index in [1.165, 1.54) is 23.4 Å². The SMILES string of the molecule is Cc1cccc(Cn2nccc2NC(=O)CSc2n[nH]c(-c3ccccc3F)n2)c1. The molecule has 2 heterocycles. The summed E-state index contributed by atoms with van der Waals surface area (Å²) in [5.41, 5.74) is 2.61. The number of hydrogen-bond donors (Lipinski definition) is 2. The van der Waals surface area contributed by atoms with Crippen LogP contribution in [-0.2, 0) is 11.3 Å². The van der Waals surface area contributed by atoms with Gasteiger partial charge in [0.15, 0.2) is 5.82 Å². The minimum Gasteiger partial charge on any atom is -0.310 e. The number of H-pyrrole nitrogens is 1. The van der Waals surface area contributed by atoms with Crippen molar-refractivity contribution in [3.63, 3.8) is 0 Å². The highest BCUT2D eigenvalue weighted by atomic mass is 32.2. The summed E-state index contributed by atoms with van der Waals surface area (Å²) < 4.78 is 15.6. The van der Waals surface area contributed by atoms with Gasteiger partial charge >= 0.3 is 0 Å². The second kappa shape index (κ2) is 8.91. The fourth-order valence-electron chi connectivity index (χ4n) is 2.94. The van der Waals surface area contributed by atoms with Crippen LogP contribution < -0.4 is 5.32 Å². The van der Waals surface area contributed by atoms with Gasteiger partial charge in [-0.1, -0.05) is 53.7 Å². The number of nitrogens with zero attached hydrogens (tertiary/aromatic N) is 4. The van der Waals surface area contributed by atoms with Gasteiger partial charge in [-0.25, -0.2) is 14.1 Å². The molecule has 0 bridgehead atoms. The zero-order chi connectivity index (χ0) is 20.9. The molecule has 4 rings (SSSR count). The van der Waals surface area contributed by atoms with Gasteiger partial charge in [-0.15, -0.1) is 5.10 Å². The lowest BCUT2D eigenvalue weighted by atomic mass is 10.1. The highest BCUT2D eigenvalue weighted by molar-refractivity contribution is 7.99. The van der Waals surface area contributed by atoms with E-state index in [0.717, 1.165) is 5.56 Å². The number of aryl methyl sites for hydroxylation is 1. The summed E-state index contributed by atoms with van der Waals surface area (Å²) in [5.74, 6) is 0.467. The second-order valence-electron chi connectivity index (χ2n) is 6.65. The molecule has 2 aromatic carbocycles. The number of carbonyl (C=O) groups is 1. The minimum atomic E-state index is -0.384. The highest BCUT2D eigenvalue weighted by Crippen LogP contribution is 2.21. The van der Waals surface area contributed by atoms with Crippen LogP contribution in [0.1, 0.15) is 11.1 Å². The van der Waals surface area contributed by atoms with Gasteiger partial charge in [0.2, 0.25) is 11.1 Å². The van der Waals surface area contributed by atoms with Gasteiger partial charge in [0.1, 0.15) is 11.6 Å². The summed E-state index contributed by atoms with van der Waals surface area (Å²) in [6.07, 6.45) is 1.65. The molecule has 0 aliphatic heterocycles. The Morgan fingerprint density at radius 2 is 2.07 bits per heavy atom. The van der Waals surface area contributed by atoms with Crippen molar-refractivity contribution < 1.29 is 9.18 Å². The largest absolute Gasteiger partial charge is 0.310 e. The molecule has 30 heavy (non-hydrogen) atoms. The average Bonchev–Trinajstić information content (AvgIpc) is 3.37. The molecule has 2 aromatic heterocycles. The van der Waals surface area contributed by atoms with E-state index in [1.54, 1.807) is 35.1 Å². The normalized spacial score (nSPS) is 10.9. The number of carbonyl (C=O) groups excluding carboxylic acids is 1. The highest BCUT2D eigenvalue weighted by Gasteiger charge is 2.13. The predicted molar refractivity (Wildman–Crippen MR) is 114 cm³/mol. The lowest BCUT2D eigenvalue weighted by Crippen LogP contribution is -2.18. The van der Waals surface area contributed by atoms with Crippen molar-refractivity contribution in [2.75, 3.05) is 11.1 Å². The number of benzene rings is 2. The molecule has 0 saturated carbocycles. The van der Waals surface area contributed by atoms with Gasteiger partial charge in [0.25, 0.3) is 0 Å². The summed E-state index contributed by atoms with van der Waals surface area (Å²) in [6.45, 7) is 2.59. The van der Waals surface area contributed by atoms with Crippen LogP contribution >= 0.6 is 11.8 Å². The smallest absolute Gasteiger partial charge is 0.235 e. The molecule has 0 radical (unpaired) electrons. The van der Waals surface area contributed by atoms with Gasteiger partial charge in [-0.3, -0.25) is 9.89 Å². The Labute approximate surface area is 176 Å². The zero-order valence-corrected chi connectivity index (χ0v) is 17.0. The first-order valence-corrected chi connectivity index (χ1v) is 10.2. The molecule has 4 aromatic rings. The van der Waals surface area contributed by atoms with Crippen molar-refractivity contribution in [1.29, 1.82) is 0 Å². The number of rotatable bonds is 7. The molecule has 0 spiro atoms. The fourth-order valence-corrected chi connectivity index (χ4v) is 3.54. The first-order valence-electron chi connectivity index (χ1n) is 9.26. The van der Waals surface area contributed by atoms with Crippen LogP contribution in [0.4, 0.5) is 10.2 Å². The molecule has 152 valence electrons. The third kappa shape index (κ3) is 4.74. The lowest BCUT2D eigenvalue weighted by Gasteiger charge is -2.09. The zero-order valence-electron chi connectivity index (χ0n) is 16.2. The third-order valence-corrected chi connectivity index (χ3v) is 5.17. The van der Waals surface area contributed by atoms with Gasteiger partial charge in [0, 0.05) is 6.07 Å². The lowest BCUT2D eigenvalue weighted by molar-refractivity contribution is -0.113. The van der Waals surface area contributed by atoms with E-state index in [4.69, 9.17) is 0 Å². The quantitative estimate of drug-likeness (QED) is 0.441. The minimum absolute atomic E-state index is 0.115. The van der Waals surface area contributed by atoms with Crippen LogP contribution in [-0.4, -0.2) is 36.6 Å². The van der Waals surface area contributed by atoms with Crippen LogP contribution in [0.15, 0.2) is 66.0 Å². The van der Waals surface area contributed by atoms with Crippen LogP contribution in [0.2, 0.25) is 0 Å². The maximum atomic E-state index is 13.9. The average molecular weight is 422 g/mol. The molecule has 2 N–H and O–H groups in total. The predicted octanol–water partition coefficient (Wildman–Crippen LogP) is 3.89. The Kier molecular flexibility index (Phi) is 5.89. The molecule has 9 heteroatoms. The molecule has 0 aliphatic carbocycles. The van der Waals surface area contributed by atoms with E-state index >= 15 is 0 Å². The Bertz CT molecular complexity index is 1170. The molecule has 0 fully saturated rings. The van der Waals surface area contributed by atoms with Crippen molar-refractivity contribution in [1.82, 2.24) is 25.0 Å². The van der Waals surface area contributed by atoms with Crippen LogP contribution in [0.3, 0.4) is 0 Å². The number of halogens is 1. The van der Waals surface area contributed by atoms with E-state index in [0.29, 0.717) is 28.9 Å². The van der Waals surface area contributed by atoms with E-state index in [9.17, 15) is 9.18 Å². The second-order valence-corrected chi connectivity index (χ2v) is 7.59. The molecule has 0 aliphatic rings. The van der Waals surface area contributed by atoms with E-state index in [-0.39, 0.29) is 17.5 Å². The fraction of sp³-hybridized carbons (Fsp3) is 0.143. The van der Waals surface area contributed by atoms with E-state index in [2.05, 4.69) is 31.7 Å². The standard InChI is InChI=1S/C21H19FN6OS/c1-14-5-4-6-15(11-14)12-28-18(9-10-23-28)24-19(29)13-30-21-25-20(26-27-21)16-7-2-3-8-17(16)22/h2-11H,12-13H2,1H3,(H,24,29)(H,25,26,27). The Balaban J connectivity index is 1.35. The first kappa shape index (κ1) is 19.8. The number of anilines is 1. The summed E-state index contributed by atoms with van der Waals surface area (Å²) in [6, 6.07) is 16.2. The van der Waals surface area contributed by atoms with Crippen molar-refractivity contribution in [3.8, 4) is 11.4 Å². The van der Waals surface area contributed by atoms with E-state index in [1.807, 2.05) is 25.1 Å². The number of thioether (sulfide) groups is 1.